The van der Waals surface area contributed by atoms with E-state index in [1.54, 1.807) is 14.0 Å². The topological polar surface area (TPSA) is 60.2 Å². The maximum Gasteiger partial charge on any atom is 0.315 e. The van der Waals surface area contributed by atoms with E-state index in [-0.39, 0.29) is 5.38 Å². The van der Waals surface area contributed by atoms with Crippen molar-refractivity contribution in [2.75, 3.05) is 12.4 Å². The number of nitrogens with zero attached hydrogens (tertiary/aromatic N) is 2. The summed E-state index contributed by atoms with van der Waals surface area (Å²) in [7, 11) is 1.64. The number of halogens is 1. The van der Waals surface area contributed by atoms with Gasteiger partial charge >= 0.3 is 6.01 Å². The lowest BCUT2D eigenvalue weighted by Gasteiger charge is -2.03. The number of nitrogens with one attached hydrogen (secondary N) is 1. The zero-order valence-corrected chi connectivity index (χ0v) is 10.9. The normalized spacial score (nSPS) is 12.2. The van der Waals surface area contributed by atoms with Crippen molar-refractivity contribution in [3.05, 3.63) is 35.7 Å². The lowest BCUT2D eigenvalue weighted by molar-refractivity contribution is 0.414. The van der Waals surface area contributed by atoms with E-state index in [2.05, 4.69) is 15.5 Å². The van der Waals surface area contributed by atoms with Crippen LogP contribution in [0.2, 0.25) is 0 Å². The second-order valence-corrected chi connectivity index (χ2v) is 4.42. The van der Waals surface area contributed by atoms with Gasteiger partial charge in [-0.2, -0.15) is 0 Å². The Bertz CT molecular complexity index is 496. The summed E-state index contributed by atoms with van der Waals surface area (Å²) in [6.45, 7) is 2.38. The van der Waals surface area contributed by atoms with E-state index in [9.17, 15) is 0 Å². The first-order chi connectivity index (χ1) is 8.69. The number of methoxy groups -OCH3 is 1. The highest BCUT2D eigenvalue weighted by atomic mass is 35.5. The molecule has 0 amide bonds. The van der Waals surface area contributed by atoms with Crippen molar-refractivity contribution >= 4 is 17.6 Å². The standard InChI is InChI=1S/C12H14ClN3O2/c1-8(13)11-15-16-12(18-11)14-7-9-3-5-10(17-2)6-4-9/h3-6,8H,7H2,1-2H3,(H,14,16). The summed E-state index contributed by atoms with van der Waals surface area (Å²) in [4.78, 5) is 0. The predicted molar refractivity (Wildman–Crippen MR) is 68.9 cm³/mol. The quantitative estimate of drug-likeness (QED) is 0.844. The van der Waals surface area contributed by atoms with Crippen LogP contribution in [0.4, 0.5) is 6.01 Å². The number of ether oxygens (including phenoxy) is 1. The lowest BCUT2D eigenvalue weighted by atomic mass is 10.2. The fourth-order valence-corrected chi connectivity index (χ4v) is 1.48. The van der Waals surface area contributed by atoms with Crippen LogP contribution in [-0.4, -0.2) is 17.3 Å². The Kier molecular flexibility index (Phi) is 4.04. The number of aromatic nitrogens is 2. The molecule has 0 saturated carbocycles. The molecule has 2 aromatic rings. The molecule has 6 heteroatoms. The van der Waals surface area contributed by atoms with E-state index in [4.69, 9.17) is 20.8 Å². The highest BCUT2D eigenvalue weighted by molar-refractivity contribution is 6.20. The molecule has 0 fully saturated rings. The van der Waals surface area contributed by atoms with Crippen molar-refractivity contribution in [1.29, 1.82) is 0 Å². The van der Waals surface area contributed by atoms with Crippen LogP contribution in [0.3, 0.4) is 0 Å². The molecule has 1 aromatic heterocycles. The van der Waals surface area contributed by atoms with Gasteiger partial charge in [0.05, 0.1) is 7.11 Å². The summed E-state index contributed by atoms with van der Waals surface area (Å²) < 4.78 is 10.4. The lowest BCUT2D eigenvalue weighted by Crippen LogP contribution is -1.99. The van der Waals surface area contributed by atoms with Gasteiger partial charge in [0.15, 0.2) is 0 Å². The van der Waals surface area contributed by atoms with E-state index in [1.165, 1.54) is 0 Å². The van der Waals surface area contributed by atoms with Crippen molar-refractivity contribution in [3.8, 4) is 5.75 Å². The van der Waals surface area contributed by atoms with Gasteiger partial charge < -0.3 is 14.5 Å². The average Bonchev–Trinajstić information content (AvgIpc) is 2.86. The molecule has 0 aliphatic carbocycles. The third kappa shape index (κ3) is 3.13. The molecule has 0 aliphatic rings. The molecule has 1 N–H and O–H groups in total. The number of anilines is 1. The summed E-state index contributed by atoms with van der Waals surface area (Å²) in [6.07, 6.45) is 0. The summed E-state index contributed by atoms with van der Waals surface area (Å²) in [5, 5.41) is 10.4. The van der Waals surface area contributed by atoms with Gasteiger partial charge in [0, 0.05) is 6.54 Å². The molecule has 18 heavy (non-hydrogen) atoms. The molecule has 2 rings (SSSR count). The predicted octanol–water partition coefficient (Wildman–Crippen LogP) is 2.99. The van der Waals surface area contributed by atoms with E-state index < -0.39 is 0 Å². The van der Waals surface area contributed by atoms with Crippen molar-refractivity contribution in [3.63, 3.8) is 0 Å². The number of hydrogen-bond donors (Lipinski definition) is 1. The van der Waals surface area contributed by atoms with Crippen LogP contribution in [0.25, 0.3) is 0 Å². The van der Waals surface area contributed by atoms with Gasteiger partial charge in [-0.05, 0) is 24.6 Å². The van der Waals surface area contributed by atoms with Gasteiger partial charge in [-0.1, -0.05) is 17.2 Å². The zero-order valence-electron chi connectivity index (χ0n) is 10.2. The molecular weight excluding hydrogens is 254 g/mol. The Morgan fingerprint density at radius 1 is 1.33 bits per heavy atom. The van der Waals surface area contributed by atoms with E-state index in [1.807, 2.05) is 24.3 Å². The Labute approximate surface area is 110 Å². The van der Waals surface area contributed by atoms with Crippen LogP contribution in [-0.2, 0) is 6.54 Å². The number of hydrogen-bond acceptors (Lipinski definition) is 5. The van der Waals surface area contributed by atoms with Crippen molar-refractivity contribution in [2.24, 2.45) is 0 Å². The number of rotatable bonds is 5. The summed E-state index contributed by atoms with van der Waals surface area (Å²) in [5.41, 5.74) is 1.09. The van der Waals surface area contributed by atoms with Gasteiger partial charge in [-0.25, -0.2) is 0 Å². The number of benzene rings is 1. The van der Waals surface area contributed by atoms with Crippen LogP contribution < -0.4 is 10.1 Å². The molecule has 1 atom stereocenters. The Morgan fingerprint density at radius 3 is 2.61 bits per heavy atom. The van der Waals surface area contributed by atoms with Gasteiger partial charge in [0.2, 0.25) is 5.89 Å². The second kappa shape index (κ2) is 5.73. The highest BCUT2D eigenvalue weighted by Gasteiger charge is 2.10. The fraction of sp³-hybridized carbons (Fsp3) is 0.333. The van der Waals surface area contributed by atoms with Crippen LogP contribution >= 0.6 is 11.6 Å². The minimum Gasteiger partial charge on any atom is -0.497 e. The van der Waals surface area contributed by atoms with Crippen LogP contribution in [0.5, 0.6) is 5.75 Å². The molecular formula is C12H14ClN3O2. The molecule has 1 aromatic carbocycles. The smallest absolute Gasteiger partial charge is 0.315 e. The van der Waals surface area contributed by atoms with E-state index in [0.29, 0.717) is 18.5 Å². The minimum absolute atomic E-state index is 0.283. The Balaban J connectivity index is 1.93. The fourth-order valence-electron chi connectivity index (χ4n) is 1.39. The molecule has 0 radical (unpaired) electrons. The molecule has 1 unspecified atom stereocenters. The molecule has 1 heterocycles. The average molecular weight is 268 g/mol. The SMILES string of the molecule is COc1ccc(CNc2nnc(C(C)Cl)o2)cc1. The van der Waals surface area contributed by atoms with Gasteiger partial charge in [-0.15, -0.1) is 16.7 Å². The van der Waals surface area contributed by atoms with Crippen LogP contribution in [0.1, 0.15) is 23.8 Å². The van der Waals surface area contributed by atoms with Gasteiger partial charge in [0.1, 0.15) is 11.1 Å². The first-order valence-electron chi connectivity index (χ1n) is 5.53. The number of alkyl halides is 1. The summed E-state index contributed by atoms with van der Waals surface area (Å²) in [5.74, 6) is 1.24. The van der Waals surface area contributed by atoms with Crippen molar-refractivity contribution in [2.45, 2.75) is 18.8 Å². The van der Waals surface area contributed by atoms with Crippen LogP contribution in [0.15, 0.2) is 28.7 Å². The molecule has 0 aliphatic heterocycles. The van der Waals surface area contributed by atoms with E-state index in [0.717, 1.165) is 11.3 Å². The third-order valence-corrected chi connectivity index (χ3v) is 2.57. The monoisotopic (exact) mass is 267 g/mol. The maximum absolute atomic E-state index is 5.83. The van der Waals surface area contributed by atoms with Crippen LogP contribution in [0, 0.1) is 0 Å². The molecule has 96 valence electrons. The molecule has 0 bridgehead atoms. The maximum atomic E-state index is 5.83. The molecule has 0 spiro atoms. The van der Waals surface area contributed by atoms with Crippen molar-refractivity contribution < 1.29 is 9.15 Å². The first-order valence-corrected chi connectivity index (χ1v) is 5.97. The second-order valence-electron chi connectivity index (χ2n) is 3.76. The highest BCUT2D eigenvalue weighted by Crippen LogP contribution is 2.19. The summed E-state index contributed by atoms with van der Waals surface area (Å²) in [6, 6.07) is 8.10. The largest absolute Gasteiger partial charge is 0.497 e. The van der Waals surface area contributed by atoms with Crippen molar-refractivity contribution in [1.82, 2.24) is 10.2 Å². The Morgan fingerprint density at radius 2 is 2.06 bits per heavy atom. The van der Waals surface area contributed by atoms with E-state index >= 15 is 0 Å². The zero-order chi connectivity index (χ0) is 13.0. The first kappa shape index (κ1) is 12.7. The third-order valence-electron chi connectivity index (χ3n) is 2.38. The molecule has 5 nitrogen and oxygen atoms in total. The molecule has 0 saturated heterocycles. The van der Waals surface area contributed by atoms with Gasteiger partial charge in [-0.3, -0.25) is 0 Å². The van der Waals surface area contributed by atoms with Gasteiger partial charge in [0.25, 0.3) is 0 Å². The summed E-state index contributed by atoms with van der Waals surface area (Å²) >= 11 is 5.83. The Hall–Kier alpha value is -1.75. The minimum atomic E-state index is -0.283.